The lowest BCUT2D eigenvalue weighted by Crippen LogP contribution is -2.36. The number of allylic oxidation sites excluding steroid dienone is 1. The van der Waals surface area contributed by atoms with Gasteiger partial charge in [0.2, 0.25) is 0 Å². The van der Waals surface area contributed by atoms with E-state index < -0.39 is 0 Å². The number of carbonyl (C=O) groups is 1. The molecule has 6 heteroatoms. The van der Waals surface area contributed by atoms with E-state index in [1.165, 1.54) is 12.3 Å². The highest BCUT2D eigenvalue weighted by atomic mass is 35.5. The number of nitrogens with one attached hydrogen (secondary N) is 3. The third kappa shape index (κ3) is 5.20. The van der Waals surface area contributed by atoms with Gasteiger partial charge >= 0.3 is 0 Å². The number of halogens is 1. The Morgan fingerprint density at radius 2 is 1.73 bits per heavy atom. The van der Waals surface area contributed by atoms with E-state index in [1.807, 2.05) is 30.3 Å². The first kappa shape index (κ1) is 16.0. The molecule has 0 amide bonds. The molecule has 22 heavy (non-hydrogen) atoms. The Bertz CT molecular complexity index is 672. The number of para-hydroxylation sites is 1. The highest BCUT2D eigenvalue weighted by Crippen LogP contribution is 2.10. The van der Waals surface area contributed by atoms with Crippen molar-refractivity contribution >= 4 is 40.4 Å². The summed E-state index contributed by atoms with van der Waals surface area (Å²) in [6, 6.07) is 16.2. The summed E-state index contributed by atoms with van der Waals surface area (Å²) >= 11 is 10.9. The minimum atomic E-state index is -0.132. The van der Waals surface area contributed by atoms with Crippen molar-refractivity contribution in [2.45, 2.75) is 0 Å². The minimum absolute atomic E-state index is 0.132. The topological polar surface area (TPSA) is 53.2 Å². The summed E-state index contributed by atoms with van der Waals surface area (Å²) in [5.74, 6) is -0.132. The average Bonchev–Trinajstić information content (AvgIpc) is 2.53. The normalized spacial score (nSPS) is 10.2. The molecule has 0 aliphatic rings. The second kappa shape index (κ2) is 8.17. The summed E-state index contributed by atoms with van der Waals surface area (Å²) in [6.07, 6.45) is 2.89. The summed E-state index contributed by atoms with van der Waals surface area (Å²) in [5.41, 5.74) is 6.93. The van der Waals surface area contributed by atoms with Crippen molar-refractivity contribution in [3.63, 3.8) is 0 Å². The number of anilines is 1. The SMILES string of the molecule is O=C(/C=C/NNC(=S)Nc1ccccc1)c1ccc(Cl)cc1. The Balaban J connectivity index is 1.77. The van der Waals surface area contributed by atoms with Crippen molar-refractivity contribution in [1.82, 2.24) is 10.9 Å². The maximum atomic E-state index is 11.8. The van der Waals surface area contributed by atoms with Crippen molar-refractivity contribution in [2.75, 3.05) is 5.32 Å². The summed E-state index contributed by atoms with van der Waals surface area (Å²) in [4.78, 5) is 11.8. The molecule has 3 N–H and O–H groups in total. The van der Waals surface area contributed by atoms with Gasteiger partial charge in [-0.05, 0) is 48.6 Å². The monoisotopic (exact) mass is 331 g/mol. The van der Waals surface area contributed by atoms with E-state index in [4.69, 9.17) is 23.8 Å². The van der Waals surface area contributed by atoms with E-state index in [0.29, 0.717) is 15.7 Å². The van der Waals surface area contributed by atoms with Gasteiger partial charge < -0.3 is 10.7 Å². The van der Waals surface area contributed by atoms with Gasteiger partial charge in [-0.3, -0.25) is 10.2 Å². The van der Waals surface area contributed by atoms with E-state index in [1.54, 1.807) is 24.3 Å². The summed E-state index contributed by atoms with van der Waals surface area (Å²) in [6.45, 7) is 0. The zero-order chi connectivity index (χ0) is 15.8. The van der Waals surface area contributed by atoms with Gasteiger partial charge in [0.1, 0.15) is 0 Å². The third-order valence-electron chi connectivity index (χ3n) is 2.66. The largest absolute Gasteiger partial charge is 0.331 e. The van der Waals surface area contributed by atoms with Gasteiger partial charge in [0, 0.05) is 28.5 Å². The molecular formula is C16H14ClN3OS. The van der Waals surface area contributed by atoms with Gasteiger partial charge in [-0.2, -0.15) is 0 Å². The van der Waals surface area contributed by atoms with E-state index in [0.717, 1.165) is 5.69 Å². The summed E-state index contributed by atoms with van der Waals surface area (Å²) in [7, 11) is 0. The number of carbonyl (C=O) groups excluding carboxylic acids is 1. The molecule has 2 rings (SSSR count). The lowest BCUT2D eigenvalue weighted by atomic mass is 10.1. The lowest BCUT2D eigenvalue weighted by molar-refractivity contribution is 0.104. The molecule has 0 radical (unpaired) electrons. The molecule has 0 fully saturated rings. The molecule has 0 aliphatic carbocycles. The van der Waals surface area contributed by atoms with Gasteiger partial charge in [0.25, 0.3) is 0 Å². The van der Waals surface area contributed by atoms with Crippen LogP contribution in [0.25, 0.3) is 0 Å². The molecule has 2 aromatic rings. The fourth-order valence-electron chi connectivity index (χ4n) is 1.62. The van der Waals surface area contributed by atoms with Crippen LogP contribution < -0.4 is 16.2 Å². The molecule has 0 saturated heterocycles. The number of benzene rings is 2. The molecule has 0 aliphatic heterocycles. The first-order chi connectivity index (χ1) is 10.6. The average molecular weight is 332 g/mol. The molecule has 0 atom stereocenters. The number of hydrazine groups is 1. The fraction of sp³-hybridized carbons (Fsp3) is 0. The standard InChI is InChI=1S/C16H14ClN3OS/c17-13-8-6-12(7-9-13)15(21)10-11-18-20-16(22)19-14-4-2-1-3-5-14/h1-11,18H,(H2,19,20,22)/b11-10+. The highest BCUT2D eigenvalue weighted by molar-refractivity contribution is 7.80. The van der Waals surface area contributed by atoms with Gasteiger partial charge in [-0.25, -0.2) is 0 Å². The van der Waals surface area contributed by atoms with Gasteiger partial charge in [0.15, 0.2) is 10.9 Å². The van der Waals surface area contributed by atoms with Crippen LogP contribution in [0.15, 0.2) is 66.9 Å². The van der Waals surface area contributed by atoms with Crippen LogP contribution in [0.2, 0.25) is 5.02 Å². The zero-order valence-electron chi connectivity index (χ0n) is 11.5. The first-order valence-electron chi connectivity index (χ1n) is 6.49. The Labute approximate surface area is 139 Å². The maximum absolute atomic E-state index is 11.8. The zero-order valence-corrected chi connectivity index (χ0v) is 13.1. The van der Waals surface area contributed by atoms with Crippen LogP contribution in [-0.2, 0) is 0 Å². The summed E-state index contributed by atoms with van der Waals surface area (Å²) in [5, 5.41) is 3.99. The van der Waals surface area contributed by atoms with Gasteiger partial charge in [0.05, 0.1) is 0 Å². The lowest BCUT2D eigenvalue weighted by Gasteiger charge is -2.09. The number of hydrogen-bond donors (Lipinski definition) is 3. The maximum Gasteiger partial charge on any atom is 0.189 e. The van der Waals surface area contributed by atoms with E-state index in [-0.39, 0.29) is 5.78 Å². The molecule has 112 valence electrons. The van der Waals surface area contributed by atoms with Crippen molar-refractivity contribution in [1.29, 1.82) is 0 Å². The van der Waals surface area contributed by atoms with Crippen LogP contribution in [0.4, 0.5) is 5.69 Å². The van der Waals surface area contributed by atoms with Crippen LogP contribution in [0, 0.1) is 0 Å². The third-order valence-corrected chi connectivity index (χ3v) is 3.12. The number of ketones is 1. The fourth-order valence-corrected chi connectivity index (χ4v) is 1.92. The van der Waals surface area contributed by atoms with Crippen LogP contribution in [0.1, 0.15) is 10.4 Å². The van der Waals surface area contributed by atoms with Gasteiger partial charge in [-0.15, -0.1) is 0 Å². The van der Waals surface area contributed by atoms with Crippen LogP contribution in [0.5, 0.6) is 0 Å². The molecule has 0 saturated carbocycles. The molecule has 0 unspecified atom stereocenters. The smallest absolute Gasteiger partial charge is 0.189 e. The molecule has 0 bridgehead atoms. The molecule has 0 heterocycles. The van der Waals surface area contributed by atoms with E-state index in [9.17, 15) is 4.79 Å². The Kier molecular flexibility index (Phi) is 5.94. The second-order valence-corrected chi connectivity index (χ2v) is 5.14. The highest BCUT2D eigenvalue weighted by Gasteiger charge is 2.00. The van der Waals surface area contributed by atoms with Gasteiger partial charge in [-0.1, -0.05) is 29.8 Å². The Hall–Kier alpha value is -2.37. The Morgan fingerprint density at radius 3 is 2.41 bits per heavy atom. The van der Waals surface area contributed by atoms with Crippen molar-refractivity contribution < 1.29 is 4.79 Å². The van der Waals surface area contributed by atoms with Crippen molar-refractivity contribution in [3.05, 3.63) is 77.5 Å². The Morgan fingerprint density at radius 1 is 1.05 bits per heavy atom. The van der Waals surface area contributed by atoms with Crippen LogP contribution >= 0.6 is 23.8 Å². The number of rotatable bonds is 5. The van der Waals surface area contributed by atoms with Crippen LogP contribution in [0.3, 0.4) is 0 Å². The minimum Gasteiger partial charge on any atom is -0.331 e. The van der Waals surface area contributed by atoms with Crippen molar-refractivity contribution in [3.8, 4) is 0 Å². The molecule has 0 spiro atoms. The first-order valence-corrected chi connectivity index (χ1v) is 7.28. The van der Waals surface area contributed by atoms with E-state index in [2.05, 4.69) is 16.2 Å². The van der Waals surface area contributed by atoms with Crippen LogP contribution in [-0.4, -0.2) is 10.9 Å². The predicted molar refractivity (Wildman–Crippen MR) is 93.9 cm³/mol. The van der Waals surface area contributed by atoms with Crippen molar-refractivity contribution in [2.24, 2.45) is 0 Å². The predicted octanol–water partition coefficient (Wildman–Crippen LogP) is 3.53. The molecule has 2 aromatic carbocycles. The second-order valence-electron chi connectivity index (χ2n) is 4.29. The van der Waals surface area contributed by atoms with E-state index >= 15 is 0 Å². The number of hydrogen-bond acceptors (Lipinski definition) is 3. The number of thiocarbonyl (C=S) groups is 1. The summed E-state index contributed by atoms with van der Waals surface area (Å²) < 4.78 is 0. The molecule has 0 aromatic heterocycles. The molecule has 4 nitrogen and oxygen atoms in total. The quantitative estimate of drug-likeness (QED) is 0.339. The molecular weight excluding hydrogens is 318 g/mol.